The van der Waals surface area contributed by atoms with Gasteiger partial charge in [-0.3, -0.25) is 4.98 Å². The number of carboxylic acid groups (broad SMARTS) is 1. The Balaban J connectivity index is 1.85. The molecule has 2 N–H and O–H groups in total. The van der Waals surface area contributed by atoms with Gasteiger partial charge in [-0.15, -0.1) is 0 Å². The molecule has 1 aromatic heterocycles. The fraction of sp³-hybridized carbons (Fsp3) is 0.696. The van der Waals surface area contributed by atoms with Crippen molar-refractivity contribution in [2.24, 2.45) is 5.92 Å². The molecule has 1 saturated heterocycles. The van der Waals surface area contributed by atoms with Gasteiger partial charge in [-0.1, -0.05) is 13.8 Å². The molecular formula is C23H34N2O6S. The summed E-state index contributed by atoms with van der Waals surface area (Å²) in [5.41, 5.74) is -0.935. The molecule has 2 aliphatic rings. The minimum atomic E-state index is -1.52. The molecule has 3 rings (SSSR count). The maximum atomic E-state index is 13.1. The van der Waals surface area contributed by atoms with E-state index in [0.29, 0.717) is 17.2 Å². The largest absolute Gasteiger partial charge is 0.490 e. The summed E-state index contributed by atoms with van der Waals surface area (Å²) in [6.45, 7) is 7.53. The SMILES string of the molecule is CCSC[C@H](NC(=O)O)[C@@]1(Cc2cc(O[C@H]3CC[C@H](C)CC3)ccn2)OC(C)(C)OC1=O. The van der Waals surface area contributed by atoms with Gasteiger partial charge in [0, 0.05) is 44.0 Å². The van der Waals surface area contributed by atoms with Gasteiger partial charge in [0.25, 0.3) is 0 Å². The Morgan fingerprint density at radius 1 is 1.38 bits per heavy atom. The molecule has 0 aromatic carbocycles. The molecule has 0 unspecified atom stereocenters. The summed E-state index contributed by atoms with van der Waals surface area (Å²) in [5.74, 6) is 0.807. The second-order valence-electron chi connectivity index (χ2n) is 9.10. The number of esters is 1. The number of carbonyl (C=O) groups is 2. The van der Waals surface area contributed by atoms with Gasteiger partial charge >= 0.3 is 12.1 Å². The van der Waals surface area contributed by atoms with Crippen LogP contribution in [0.2, 0.25) is 0 Å². The standard InChI is InChI=1S/C23H34N2O6S/c1-5-32-14-19(25-21(27)28)23(20(26)30-22(3,4)31-23)13-16-12-18(10-11-24-16)29-17-8-6-15(2)7-9-17/h10-12,15,17,19,25H,5-9,13-14H2,1-4H3,(H,27,28)/t15-,17-,19-,23+/m0/s1. The minimum Gasteiger partial charge on any atom is -0.490 e. The average Bonchev–Trinajstić information content (AvgIpc) is 2.95. The van der Waals surface area contributed by atoms with Gasteiger partial charge in [0.05, 0.1) is 12.1 Å². The van der Waals surface area contributed by atoms with E-state index in [4.69, 9.17) is 14.2 Å². The molecule has 9 heteroatoms. The Kier molecular flexibility index (Phi) is 7.92. The van der Waals surface area contributed by atoms with E-state index in [1.165, 1.54) is 11.8 Å². The molecule has 1 saturated carbocycles. The number of pyridine rings is 1. The van der Waals surface area contributed by atoms with E-state index in [1.54, 1.807) is 20.0 Å². The van der Waals surface area contributed by atoms with Gasteiger partial charge in [-0.25, -0.2) is 9.59 Å². The number of hydrogen-bond donors (Lipinski definition) is 2. The number of aromatic nitrogens is 1. The summed E-state index contributed by atoms with van der Waals surface area (Å²) in [6, 6.07) is 2.82. The van der Waals surface area contributed by atoms with Gasteiger partial charge in [-0.05, 0) is 43.4 Å². The molecule has 2 fully saturated rings. The monoisotopic (exact) mass is 466 g/mol. The molecule has 0 spiro atoms. The smallest absolute Gasteiger partial charge is 0.405 e. The van der Waals surface area contributed by atoms with Crippen molar-refractivity contribution in [3.05, 3.63) is 24.0 Å². The predicted molar refractivity (Wildman–Crippen MR) is 122 cm³/mol. The minimum absolute atomic E-state index is 0.0728. The summed E-state index contributed by atoms with van der Waals surface area (Å²) < 4.78 is 17.8. The lowest BCUT2D eigenvalue weighted by Gasteiger charge is -2.34. The first-order valence-corrected chi connectivity index (χ1v) is 12.4. The summed E-state index contributed by atoms with van der Waals surface area (Å²) >= 11 is 1.52. The van der Waals surface area contributed by atoms with Crippen LogP contribution < -0.4 is 10.1 Å². The van der Waals surface area contributed by atoms with Crippen LogP contribution in [0, 0.1) is 5.92 Å². The lowest BCUT2D eigenvalue weighted by molar-refractivity contribution is -0.169. The topological polar surface area (TPSA) is 107 Å². The molecule has 8 nitrogen and oxygen atoms in total. The predicted octanol–water partition coefficient (Wildman–Crippen LogP) is 4.02. The Bertz CT molecular complexity index is 811. The van der Waals surface area contributed by atoms with E-state index in [-0.39, 0.29) is 12.5 Å². The molecule has 2 atom stereocenters. The zero-order valence-electron chi connectivity index (χ0n) is 19.3. The van der Waals surface area contributed by atoms with E-state index < -0.39 is 29.5 Å². The number of nitrogens with zero attached hydrogens (tertiary/aromatic N) is 1. The van der Waals surface area contributed by atoms with Crippen LogP contribution in [0.5, 0.6) is 5.75 Å². The Morgan fingerprint density at radius 2 is 2.09 bits per heavy atom. The van der Waals surface area contributed by atoms with Gasteiger partial charge in [0.15, 0.2) is 5.60 Å². The summed E-state index contributed by atoms with van der Waals surface area (Å²) in [6.07, 6.45) is 5.01. The molecule has 32 heavy (non-hydrogen) atoms. The number of hydrogen-bond acceptors (Lipinski definition) is 7. The van der Waals surface area contributed by atoms with Crippen LogP contribution in [0.3, 0.4) is 0 Å². The highest BCUT2D eigenvalue weighted by Crippen LogP contribution is 2.38. The first-order valence-electron chi connectivity index (χ1n) is 11.3. The van der Waals surface area contributed by atoms with Gasteiger partial charge in [-0.2, -0.15) is 11.8 Å². The Hall–Kier alpha value is -2.00. The molecule has 2 heterocycles. The molecular weight excluding hydrogens is 432 g/mol. The molecule has 178 valence electrons. The first kappa shape index (κ1) is 24.6. The number of amides is 1. The number of ether oxygens (including phenoxy) is 3. The van der Waals surface area contributed by atoms with E-state index >= 15 is 0 Å². The summed E-state index contributed by atoms with van der Waals surface area (Å²) in [4.78, 5) is 29.0. The lowest BCUT2D eigenvalue weighted by atomic mass is 9.88. The molecule has 0 bridgehead atoms. The fourth-order valence-electron chi connectivity index (χ4n) is 4.37. The van der Waals surface area contributed by atoms with Crippen LogP contribution in [0.15, 0.2) is 18.3 Å². The number of cyclic esters (lactones) is 1. The van der Waals surface area contributed by atoms with Crippen molar-refractivity contribution in [2.45, 2.75) is 83.3 Å². The van der Waals surface area contributed by atoms with Gasteiger partial charge in [0.1, 0.15) is 5.75 Å². The first-order chi connectivity index (χ1) is 15.1. The van der Waals surface area contributed by atoms with Gasteiger partial charge in [0.2, 0.25) is 5.79 Å². The number of thioether (sulfide) groups is 1. The van der Waals surface area contributed by atoms with E-state index in [9.17, 15) is 14.7 Å². The second kappa shape index (κ2) is 10.3. The van der Waals surface area contributed by atoms with Crippen LogP contribution in [-0.2, 0) is 20.7 Å². The van der Waals surface area contributed by atoms with Crippen molar-refractivity contribution in [3.8, 4) is 5.75 Å². The second-order valence-corrected chi connectivity index (χ2v) is 10.4. The maximum absolute atomic E-state index is 13.1. The maximum Gasteiger partial charge on any atom is 0.405 e. The van der Waals surface area contributed by atoms with Crippen LogP contribution in [0.4, 0.5) is 4.79 Å². The van der Waals surface area contributed by atoms with Gasteiger partial charge < -0.3 is 24.6 Å². The molecule has 0 radical (unpaired) electrons. The number of carbonyl (C=O) groups excluding carboxylic acids is 1. The van der Waals surface area contributed by atoms with Crippen molar-refractivity contribution in [2.75, 3.05) is 11.5 Å². The van der Waals surface area contributed by atoms with Crippen molar-refractivity contribution in [1.82, 2.24) is 10.3 Å². The third kappa shape index (κ3) is 6.07. The Labute approximate surface area is 193 Å². The lowest BCUT2D eigenvalue weighted by Crippen LogP contribution is -2.59. The van der Waals surface area contributed by atoms with Crippen LogP contribution in [0.1, 0.15) is 59.1 Å². The highest BCUT2D eigenvalue weighted by molar-refractivity contribution is 7.99. The normalized spacial score (nSPS) is 28.1. The fourth-order valence-corrected chi connectivity index (χ4v) is 5.19. The van der Waals surface area contributed by atoms with Crippen LogP contribution in [0.25, 0.3) is 0 Å². The zero-order valence-corrected chi connectivity index (χ0v) is 20.1. The van der Waals surface area contributed by atoms with Crippen molar-refractivity contribution in [3.63, 3.8) is 0 Å². The third-order valence-electron chi connectivity index (χ3n) is 5.96. The quantitative estimate of drug-likeness (QED) is 0.526. The van der Waals surface area contributed by atoms with Crippen molar-refractivity contribution >= 4 is 23.8 Å². The molecule has 1 aliphatic carbocycles. The van der Waals surface area contributed by atoms with E-state index in [0.717, 1.165) is 37.4 Å². The van der Waals surface area contributed by atoms with Crippen molar-refractivity contribution < 1.29 is 28.9 Å². The molecule has 1 aromatic rings. The number of nitrogens with one attached hydrogen (secondary N) is 1. The molecule has 1 aliphatic heterocycles. The third-order valence-corrected chi connectivity index (χ3v) is 6.94. The van der Waals surface area contributed by atoms with Crippen LogP contribution in [-0.4, -0.2) is 57.2 Å². The van der Waals surface area contributed by atoms with E-state index in [1.807, 2.05) is 19.1 Å². The van der Waals surface area contributed by atoms with Crippen molar-refractivity contribution in [1.29, 1.82) is 0 Å². The van der Waals surface area contributed by atoms with Crippen LogP contribution >= 0.6 is 11.8 Å². The summed E-state index contributed by atoms with van der Waals surface area (Å²) in [5, 5.41) is 11.9. The summed E-state index contributed by atoms with van der Waals surface area (Å²) in [7, 11) is 0. The zero-order chi connectivity index (χ0) is 23.4. The molecule has 1 amide bonds. The highest BCUT2D eigenvalue weighted by Gasteiger charge is 2.59. The number of rotatable bonds is 9. The highest BCUT2D eigenvalue weighted by atomic mass is 32.2. The average molecular weight is 467 g/mol. The van der Waals surface area contributed by atoms with E-state index in [2.05, 4.69) is 17.2 Å². The Morgan fingerprint density at radius 3 is 2.69 bits per heavy atom.